The van der Waals surface area contributed by atoms with E-state index in [-0.39, 0.29) is 0 Å². The van der Waals surface area contributed by atoms with E-state index < -0.39 is 0 Å². The number of piperidine rings is 1. The first-order chi connectivity index (χ1) is 12.6. The summed E-state index contributed by atoms with van der Waals surface area (Å²) < 4.78 is 3.98. The third kappa shape index (κ3) is 3.18. The van der Waals surface area contributed by atoms with Gasteiger partial charge in [-0.2, -0.15) is 5.10 Å². The van der Waals surface area contributed by atoms with Crippen molar-refractivity contribution < 1.29 is 0 Å². The lowest BCUT2D eigenvalue weighted by Crippen LogP contribution is -2.36. The number of hydrogen-bond donors (Lipinski definition) is 0. The summed E-state index contributed by atoms with van der Waals surface area (Å²) in [6.45, 7) is 6.55. The zero-order chi connectivity index (χ0) is 18.1. The van der Waals surface area contributed by atoms with Crippen molar-refractivity contribution in [3.05, 3.63) is 47.7 Å². The summed E-state index contributed by atoms with van der Waals surface area (Å²) in [5, 5.41) is 13.2. The first-order valence-corrected chi connectivity index (χ1v) is 9.02. The van der Waals surface area contributed by atoms with Crippen LogP contribution in [0, 0.1) is 13.8 Å². The number of aromatic nitrogens is 7. The Labute approximate surface area is 152 Å². The van der Waals surface area contributed by atoms with Crippen LogP contribution in [-0.2, 0) is 13.6 Å². The van der Waals surface area contributed by atoms with Gasteiger partial charge < -0.3 is 9.47 Å². The topological polar surface area (TPSA) is 77.5 Å². The molecular formula is C18H24N8. The molecule has 0 saturated carbocycles. The van der Waals surface area contributed by atoms with Crippen LogP contribution < -0.4 is 4.90 Å². The summed E-state index contributed by atoms with van der Waals surface area (Å²) >= 11 is 0. The van der Waals surface area contributed by atoms with E-state index in [1.165, 1.54) is 0 Å². The molecule has 1 aliphatic heterocycles. The van der Waals surface area contributed by atoms with Crippen LogP contribution in [0.4, 0.5) is 5.82 Å². The molecular weight excluding hydrogens is 328 g/mol. The zero-order valence-corrected chi connectivity index (χ0v) is 15.5. The van der Waals surface area contributed by atoms with Gasteiger partial charge in [-0.3, -0.25) is 9.67 Å². The highest BCUT2D eigenvalue weighted by Crippen LogP contribution is 2.29. The molecule has 0 aromatic carbocycles. The maximum absolute atomic E-state index is 4.71. The smallest absolute Gasteiger partial charge is 0.154 e. The largest absolute Gasteiger partial charge is 0.354 e. The predicted molar refractivity (Wildman–Crippen MR) is 98.0 cm³/mol. The van der Waals surface area contributed by atoms with Crippen molar-refractivity contribution in [2.24, 2.45) is 7.05 Å². The number of rotatable bonds is 4. The lowest BCUT2D eigenvalue weighted by atomic mass is 9.97. The Kier molecular flexibility index (Phi) is 4.40. The lowest BCUT2D eigenvalue weighted by Gasteiger charge is -2.33. The van der Waals surface area contributed by atoms with Gasteiger partial charge in [-0.05, 0) is 32.8 Å². The van der Waals surface area contributed by atoms with Gasteiger partial charge in [0.05, 0.1) is 11.4 Å². The van der Waals surface area contributed by atoms with Crippen molar-refractivity contribution in [3.8, 4) is 0 Å². The number of aryl methyl sites for hydroxylation is 2. The maximum atomic E-state index is 4.71. The molecule has 0 unspecified atom stereocenters. The van der Waals surface area contributed by atoms with Crippen molar-refractivity contribution in [1.82, 2.24) is 34.5 Å². The second-order valence-corrected chi connectivity index (χ2v) is 6.94. The van der Waals surface area contributed by atoms with E-state index in [1.54, 1.807) is 6.20 Å². The molecule has 1 atom stereocenters. The minimum atomic E-state index is 0.342. The number of anilines is 1. The zero-order valence-electron chi connectivity index (χ0n) is 15.5. The van der Waals surface area contributed by atoms with Gasteiger partial charge in [-0.1, -0.05) is 0 Å². The highest BCUT2D eigenvalue weighted by molar-refractivity contribution is 5.44. The number of hydrogen-bond acceptors (Lipinski definition) is 6. The molecule has 26 heavy (non-hydrogen) atoms. The van der Waals surface area contributed by atoms with Crippen LogP contribution >= 0.6 is 0 Å². The molecule has 1 aliphatic rings. The highest BCUT2D eigenvalue weighted by Gasteiger charge is 2.27. The van der Waals surface area contributed by atoms with Gasteiger partial charge in [-0.25, -0.2) is 4.98 Å². The Morgan fingerprint density at radius 3 is 2.92 bits per heavy atom. The van der Waals surface area contributed by atoms with Crippen molar-refractivity contribution in [3.63, 3.8) is 0 Å². The molecule has 0 aliphatic carbocycles. The summed E-state index contributed by atoms with van der Waals surface area (Å²) in [6, 6.07) is 1.92. The van der Waals surface area contributed by atoms with E-state index in [0.29, 0.717) is 12.5 Å². The molecule has 4 heterocycles. The molecule has 3 aromatic heterocycles. The van der Waals surface area contributed by atoms with Crippen LogP contribution in [0.1, 0.15) is 41.8 Å². The highest BCUT2D eigenvalue weighted by atomic mass is 15.3. The third-order valence-electron chi connectivity index (χ3n) is 5.00. The normalized spacial score (nSPS) is 17.7. The Morgan fingerprint density at radius 2 is 2.12 bits per heavy atom. The fraction of sp³-hybridized carbons (Fsp3) is 0.500. The molecule has 0 spiro atoms. The van der Waals surface area contributed by atoms with Crippen molar-refractivity contribution in [2.75, 3.05) is 18.0 Å². The molecule has 3 aromatic rings. The van der Waals surface area contributed by atoms with Gasteiger partial charge in [0, 0.05) is 44.6 Å². The molecule has 4 rings (SSSR count). The molecule has 0 radical (unpaired) electrons. The van der Waals surface area contributed by atoms with Crippen LogP contribution in [0.3, 0.4) is 0 Å². The minimum absolute atomic E-state index is 0.342. The molecule has 1 saturated heterocycles. The quantitative estimate of drug-likeness (QED) is 0.713. The first-order valence-electron chi connectivity index (χ1n) is 9.02. The maximum Gasteiger partial charge on any atom is 0.154 e. The van der Waals surface area contributed by atoms with E-state index >= 15 is 0 Å². The standard InChI is InChI=1S/C18H24N8/c1-13-10-19-14(2)17(21-13)25-8-4-6-15(11-25)18-23-22-16(24(18)3)12-26-9-5-7-20-26/h5,7,9-10,15H,4,6,8,11-12H2,1-3H3/t15-/m1/s1. The second kappa shape index (κ2) is 6.86. The van der Waals surface area contributed by atoms with Gasteiger partial charge >= 0.3 is 0 Å². The molecule has 8 nitrogen and oxygen atoms in total. The molecule has 1 fully saturated rings. The van der Waals surface area contributed by atoms with E-state index in [9.17, 15) is 0 Å². The van der Waals surface area contributed by atoms with Gasteiger partial charge in [0.2, 0.25) is 0 Å². The van der Waals surface area contributed by atoms with Gasteiger partial charge in [-0.15, -0.1) is 10.2 Å². The molecule has 8 heteroatoms. The number of nitrogens with zero attached hydrogens (tertiary/aromatic N) is 8. The molecule has 0 bridgehead atoms. The first kappa shape index (κ1) is 16.7. The summed E-state index contributed by atoms with van der Waals surface area (Å²) in [5.74, 6) is 3.30. The van der Waals surface area contributed by atoms with Crippen LogP contribution in [0.15, 0.2) is 24.7 Å². The van der Waals surface area contributed by atoms with Gasteiger partial charge in [0.25, 0.3) is 0 Å². The van der Waals surface area contributed by atoms with Crippen molar-refractivity contribution in [2.45, 2.75) is 39.2 Å². The van der Waals surface area contributed by atoms with Crippen LogP contribution in [0.25, 0.3) is 0 Å². The average molecular weight is 352 g/mol. The lowest BCUT2D eigenvalue weighted by molar-refractivity contribution is 0.474. The summed E-state index contributed by atoms with van der Waals surface area (Å²) in [7, 11) is 2.05. The molecule has 0 amide bonds. The van der Waals surface area contributed by atoms with Crippen LogP contribution in [0.2, 0.25) is 0 Å². The molecule has 136 valence electrons. The average Bonchev–Trinajstić information content (AvgIpc) is 3.28. The fourth-order valence-corrected chi connectivity index (χ4v) is 3.61. The van der Waals surface area contributed by atoms with E-state index in [0.717, 1.165) is 54.8 Å². The van der Waals surface area contributed by atoms with E-state index in [4.69, 9.17) is 4.98 Å². The Hall–Kier alpha value is -2.77. The second-order valence-electron chi connectivity index (χ2n) is 6.94. The van der Waals surface area contributed by atoms with Gasteiger partial charge in [0.1, 0.15) is 18.2 Å². The van der Waals surface area contributed by atoms with Crippen molar-refractivity contribution in [1.29, 1.82) is 0 Å². The monoisotopic (exact) mass is 352 g/mol. The summed E-state index contributed by atoms with van der Waals surface area (Å²) in [6.07, 6.45) is 7.77. The fourth-order valence-electron chi connectivity index (χ4n) is 3.61. The predicted octanol–water partition coefficient (Wildman–Crippen LogP) is 1.85. The Morgan fingerprint density at radius 1 is 1.23 bits per heavy atom. The Bertz CT molecular complexity index is 883. The van der Waals surface area contributed by atoms with Crippen LogP contribution in [0.5, 0.6) is 0 Å². The minimum Gasteiger partial charge on any atom is -0.354 e. The SMILES string of the molecule is Cc1cnc(C)c(N2CCC[C@@H](c3nnc(Cn4cccn4)n3C)C2)n1. The summed E-state index contributed by atoms with van der Waals surface area (Å²) in [5.41, 5.74) is 1.93. The Balaban J connectivity index is 1.55. The van der Waals surface area contributed by atoms with E-state index in [1.807, 2.05) is 44.0 Å². The third-order valence-corrected chi connectivity index (χ3v) is 5.00. The summed E-state index contributed by atoms with van der Waals surface area (Å²) in [4.78, 5) is 11.5. The van der Waals surface area contributed by atoms with E-state index in [2.05, 4.69) is 29.7 Å². The molecule has 0 N–H and O–H groups in total. The van der Waals surface area contributed by atoms with Crippen LogP contribution in [-0.4, -0.2) is 47.6 Å². The van der Waals surface area contributed by atoms with Crippen molar-refractivity contribution >= 4 is 5.82 Å². The van der Waals surface area contributed by atoms with Gasteiger partial charge in [0.15, 0.2) is 5.82 Å².